The van der Waals surface area contributed by atoms with Crippen molar-refractivity contribution in [2.24, 2.45) is 53.3 Å². The predicted octanol–water partition coefficient (Wildman–Crippen LogP) is 37.4. The van der Waals surface area contributed by atoms with Crippen LogP contribution in [0.15, 0.2) is 34.9 Å². The SMILES string of the molecule is CCCCCCCCCCCCCCCCCC[C@H](C)C[C@H](C)/C=C(\C)C(=O)O[C@@H]1C(CO)O[C@H](O[C@H]2OC(COC(=O)/C(C)=C/[C@@H](C)C[C@@H](C)CCCCCCCCCCCCCCCC)[C@@H](O)C(OC(=O)[C@@H](C)[C@@H](O)[C@@H](C)C[C@@H](C)CCCCCCCCCCCCCCCCCC)[C@H]2OC(=O)CCCCCCCCCCCCCCC)[C@@H](OC(=O)/C(C)=C/[C@@H](C)C[C@@H](C)CCCCCCCCCCCCCCCC)C1O. The second-order valence-electron chi connectivity index (χ2n) is 48.6. The molecule has 4 unspecified atom stereocenters. The van der Waals surface area contributed by atoms with Gasteiger partial charge in [0.25, 0.3) is 0 Å². The first-order valence-corrected chi connectivity index (χ1v) is 64.8. The summed E-state index contributed by atoms with van der Waals surface area (Å²) in [5, 5.41) is 49.9. The van der Waals surface area contributed by atoms with Crippen LogP contribution in [-0.4, -0.2) is 131 Å². The van der Waals surface area contributed by atoms with Gasteiger partial charge in [-0.1, -0.05) is 596 Å². The van der Waals surface area contributed by atoms with Gasteiger partial charge in [0.15, 0.2) is 24.4 Å². The molecule has 2 heterocycles. The Labute approximate surface area is 919 Å². The maximum Gasteiger partial charge on any atom is 0.333 e. The van der Waals surface area contributed by atoms with E-state index >= 15 is 9.59 Å². The van der Waals surface area contributed by atoms with Gasteiger partial charge in [0.05, 0.1) is 18.6 Å². The molecule has 0 aromatic rings. The largest absolute Gasteiger partial charge is 0.459 e. The van der Waals surface area contributed by atoms with Crippen molar-refractivity contribution in [3.63, 3.8) is 0 Å². The zero-order chi connectivity index (χ0) is 109. The Kier molecular flexibility index (Phi) is 91.5. The summed E-state index contributed by atoms with van der Waals surface area (Å²) in [5.41, 5.74) is 0.861. The van der Waals surface area contributed by atoms with Gasteiger partial charge in [-0.25, -0.2) is 14.4 Å². The van der Waals surface area contributed by atoms with E-state index in [1.54, 1.807) is 27.7 Å². The van der Waals surface area contributed by atoms with Gasteiger partial charge in [0.1, 0.15) is 31.0 Å². The van der Waals surface area contributed by atoms with E-state index in [1.807, 2.05) is 25.2 Å². The number of unbranched alkanes of at least 4 members (excludes halogenated alkanes) is 68. The molecule has 2 saturated heterocycles. The van der Waals surface area contributed by atoms with E-state index in [0.29, 0.717) is 36.2 Å². The molecule has 0 bridgehead atoms. The van der Waals surface area contributed by atoms with Crippen LogP contribution in [0.5, 0.6) is 0 Å². The summed E-state index contributed by atoms with van der Waals surface area (Å²) in [6.45, 7) is 33.7. The van der Waals surface area contributed by atoms with E-state index in [9.17, 15) is 34.8 Å². The van der Waals surface area contributed by atoms with Crippen LogP contribution in [0.4, 0.5) is 0 Å². The maximum atomic E-state index is 15.2. The number of aliphatic hydroxyl groups is 4. The first-order valence-electron chi connectivity index (χ1n) is 64.8. The van der Waals surface area contributed by atoms with Gasteiger partial charge >= 0.3 is 29.8 Å². The lowest BCUT2D eigenvalue weighted by atomic mass is 9.85. The minimum absolute atomic E-state index is 0.0124. The fourth-order valence-electron chi connectivity index (χ4n) is 23.3. The highest BCUT2D eigenvalue weighted by molar-refractivity contribution is 5.89. The summed E-state index contributed by atoms with van der Waals surface area (Å²) >= 11 is 0. The number of carbonyl (C=O) groups excluding carboxylic acids is 5. The second kappa shape index (κ2) is 96.4. The van der Waals surface area contributed by atoms with Crippen molar-refractivity contribution >= 4 is 29.8 Å². The van der Waals surface area contributed by atoms with Crippen molar-refractivity contribution in [2.45, 2.75) is 712 Å². The third-order valence-corrected chi connectivity index (χ3v) is 32.9. The van der Waals surface area contributed by atoms with Gasteiger partial charge in [-0.05, 0) is 107 Å². The topological polar surface area (TPSA) is 240 Å². The van der Waals surface area contributed by atoms with Crippen LogP contribution < -0.4 is 0 Å². The molecule has 17 heteroatoms. The summed E-state index contributed by atoms with van der Waals surface area (Å²) < 4.78 is 52.2. The van der Waals surface area contributed by atoms with Gasteiger partial charge in [0, 0.05) is 23.1 Å². The average molecular weight is 2110 g/mol. The van der Waals surface area contributed by atoms with E-state index in [2.05, 4.69) is 83.1 Å². The predicted molar refractivity (Wildman–Crippen MR) is 625 cm³/mol. The molecule has 2 aliphatic heterocycles. The Morgan fingerprint density at radius 3 is 0.819 bits per heavy atom. The van der Waals surface area contributed by atoms with E-state index in [4.69, 9.17) is 37.9 Å². The van der Waals surface area contributed by atoms with Crippen LogP contribution in [0, 0.1) is 53.3 Å². The minimum Gasteiger partial charge on any atom is -0.459 e. The van der Waals surface area contributed by atoms with Crippen LogP contribution in [0.3, 0.4) is 0 Å². The molecule has 0 aromatic carbocycles. The van der Waals surface area contributed by atoms with Crippen LogP contribution in [0.2, 0.25) is 0 Å². The van der Waals surface area contributed by atoms with E-state index in [-0.39, 0.29) is 47.2 Å². The Hall–Kier alpha value is -3.71. The average Bonchev–Trinajstić information content (AvgIpc) is 0.768. The molecule has 0 aliphatic carbocycles. The van der Waals surface area contributed by atoms with Crippen molar-refractivity contribution in [3.8, 4) is 0 Å². The zero-order valence-electron chi connectivity index (χ0n) is 101. The highest BCUT2D eigenvalue weighted by Crippen LogP contribution is 2.38. The van der Waals surface area contributed by atoms with Gasteiger partial charge in [-0.3, -0.25) is 9.59 Å². The Bertz CT molecular complexity index is 3210. The van der Waals surface area contributed by atoms with Crippen LogP contribution in [0.1, 0.15) is 644 Å². The maximum absolute atomic E-state index is 15.2. The second-order valence-corrected chi connectivity index (χ2v) is 48.6. The monoisotopic (exact) mass is 2100 g/mol. The summed E-state index contributed by atoms with van der Waals surface area (Å²) in [5.74, 6) is -4.06. The van der Waals surface area contributed by atoms with Gasteiger partial charge < -0.3 is 58.3 Å². The number of esters is 5. The third-order valence-electron chi connectivity index (χ3n) is 32.9. The number of ether oxygens (including phenoxy) is 8. The Morgan fingerprint density at radius 2 is 0.530 bits per heavy atom. The smallest absolute Gasteiger partial charge is 0.333 e. The molecule has 20 atom stereocenters. The first-order chi connectivity index (χ1) is 72.2. The summed E-state index contributed by atoms with van der Waals surface area (Å²) in [4.78, 5) is 74.3. The summed E-state index contributed by atoms with van der Waals surface area (Å²) in [6.07, 6.45) is 86.2. The van der Waals surface area contributed by atoms with Crippen LogP contribution in [0.25, 0.3) is 0 Å². The molecule has 876 valence electrons. The van der Waals surface area contributed by atoms with Gasteiger partial charge in [0.2, 0.25) is 12.6 Å². The molecule has 0 amide bonds. The third kappa shape index (κ3) is 74.3. The van der Waals surface area contributed by atoms with Crippen molar-refractivity contribution in [3.05, 3.63) is 34.9 Å². The number of allylic oxidation sites excluding steroid dienone is 3. The highest BCUT2D eigenvalue weighted by Gasteiger charge is 2.56. The lowest BCUT2D eigenvalue weighted by Gasteiger charge is -2.47. The molecular formula is C132H246O17. The fourth-order valence-corrected chi connectivity index (χ4v) is 23.3. The normalized spacial score (nSPS) is 20.4. The quantitative estimate of drug-likeness (QED) is 0.0192. The standard InChI is InChI=1S/C132H246O17/c1-18-23-28-33-38-43-48-53-57-59-64-68-73-78-82-87-92-106(7)97-110(11)101-114(15)128(139)146-123-117(103-133)143-131(125(122(123)137)148-129(140)115(16)102-111(12)98-107(8)93-88-83-77-72-67-63-56-51-46-41-36-31-26-21-4)149-132-126(145-119(134)95-90-85-80-75-70-61-52-47-42-37-32-27-22-5)124(147-130(141)116(17)120(135)112(13)99-108(9)94-89-84-79-74-69-65-60-58-54-49-44-39-34-29-24-19-2)121(136)118(144-132)104-142-127(138)113(14)100-109(10)96-105(6)91-86-81-76-71-66-62-55-50-45-40-35-30-25-20-3/h100-102,105-112,116-118,120-126,131-133,135-137H,18-99,103-104H2,1-17H3/b113-100+,114-101+,115-102+/t105-,106-,107-,108-,109-,110-,111-,112-,116-,117?,118?,120-,121+,122?,123+,124?,125-,126+,131+,132+/m0/s1. The molecule has 149 heavy (non-hydrogen) atoms. The lowest BCUT2D eigenvalue weighted by molar-refractivity contribution is -0.377. The number of hydrogen-bond acceptors (Lipinski definition) is 17. The molecule has 0 spiro atoms. The minimum atomic E-state index is -1.94. The van der Waals surface area contributed by atoms with Crippen molar-refractivity contribution in [2.75, 3.05) is 13.2 Å². The molecule has 2 rings (SSSR count). The number of carbonyl (C=O) groups is 5. The van der Waals surface area contributed by atoms with Crippen molar-refractivity contribution in [1.29, 1.82) is 0 Å². The molecule has 0 radical (unpaired) electrons. The molecule has 2 fully saturated rings. The molecule has 4 N–H and O–H groups in total. The zero-order valence-corrected chi connectivity index (χ0v) is 101. The van der Waals surface area contributed by atoms with Crippen LogP contribution in [-0.2, 0) is 61.9 Å². The number of hydrogen-bond donors (Lipinski definition) is 4. The Morgan fingerprint density at radius 1 is 0.282 bits per heavy atom. The number of rotatable bonds is 104. The van der Waals surface area contributed by atoms with E-state index in [0.717, 1.165) is 109 Å². The van der Waals surface area contributed by atoms with E-state index < -0.39 is 116 Å². The van der Waals surface area contributed by atoms with Crippen molar-refractivity contribution < 1.29 is 82.3 Å². The lowest BCUT2D eigenvalue weighted by Crippen LogP contribution is -2.66. The van der Waals surface area contributed by atoms with Gasteiger partial charge in [-0.2, -0.15) is 0 Å². The first kappa shape index (κ1) is 141. The highest BCUT2D eigenvalue weighted by atomic mass is 16.8. The molecule has 0 saturated carbocycles. The summed E-state index contributed by atoms with van der Waals surface area (Å²) in [7, 11) is 0. The molecule has 17 nitrogen and oxygen atoms in total. The number of aliphatic hydroxyl groups excluding tert-OH is 4. The Balaban J connectivity index is 2.70. The van der Waals surface area contributed by atoms with E-state index in [1.165, 1.54) is 398 Å². The van der Waals surface area contributed by atoms with Crippen LogP contribution >= 0.6 is 0 Å². The fraction of sp³-hybridized carbons (Fsp3) is 0.917. The molecule has 0 aromatic heterocycles. The summed E-state index contributed by atoms with van der Waals surface area (Å²) in [6, 6.07) is 0. The van der Waals surface area contributed by atoms with Gasteiger partial charge in [-0.15, -0.1) is 0 Å². The molecular weight excluding hydrogens is 1860 g/mol. The molecule has 2 aliphatic rings. The van der Waals surface area contributed by atoms with Crippen molar-refractivity contribution in [1.82, 2.24) is 0 Å².